The Bertz CT molecular complexity index is 1110. The zero-order chi connectivity index (χ0) is 24.8. The predicted molar refractivity (Wildman–Crippen MR) is 140 cm³/mol. The molecule has 0 fully saturated rings. The normalized spacial score (nSPS) is 12.1. The summed E-state index contributed by atoms with van der Waals surface area (Å²) in [5.41, 5.74) is 5.48. The highest BCUT2D eigenvalue weighted by molar-refractivity contribution is 5.92. The van der Waals surface area contributed by atoms with Crippen molar-refractivity contribution in [3.8, 4) is 5.75 Å². The van der Waals surface area contributed by atoms with Crippen LogP contribution in [0.2, 0.25) is 0 Å². The Labute approximate surface area is 204 Å². The summed E-state index contributed by atoms with van der Waals surface area (Å²) < 4.78 is 5.94. The molecule has 0 radical (unpaired) electrons. The van der Waals surface area contributed by atoms with Gasteiger partial charge in [-0.3, -0.25) is 0 Å². The van der Waals surface area contributed by atoms with Gasteiger partial charge in [0, 0.05) is 29.3 Å². The lowest BCUT2D eigenvalue weighted by atomic mass is 9.87. The number of carbonyl (C=O) groups excluding carboxylic acids is 1. The quantitative estimate of drug-likeness (QED) is 0.280. The average molecular weight is 460 g/mol. The third-order valence-corrected chi connectivity index (χ3v) is 6.29. The van der Waals surface area contributed by atoms with E-state index in [-0.39, 0.29) is 18.5 Å². The summed E-state index contributed by atoms with van der Waals surface area (Å²) in [6.07, 6.45) is 0.830. The van der Waals surface area contributed by atoms with Crippen molar-refractivity contribution >= 4 is 11.7 Å². The minimum atomic E-state index is -0.370. The summed E-state index contributed by atoms with van der Waals surface area (Å²) in [6, 6.07) is 22.4. The highest BCUT2D eigenvalue weighted by Gasteiger charge is 2.22. The summed E-state index contributed by atoms with van der Waals surface area (Å²) >= 11 is 0. The molecule has 0 spiro atoms. The molecule has 4 nitrogen and oxygen atoms in total. The van der Waals surface area contributed by atoms with E-state index in [2.05, 4.69) is 63.8 Å². The number of esters is 1. The molecule has 0 heterocycles. The van der Waals surface area contributed by atoms with Crippen LogP contribution in [-0.2, 0) is 6.61 Å². The molecule has 1 unspecified atom stereocenters. The molecular weight excluding hydrogens is 422 g/mol. The van der Waals surface area contributed by atoms with Crippen LogP contribution < -0.4 is 9.64 Å². The van der Waals surface area contributed by atoms with Gasteiger partial charge < -0.3 is 14.7 Å². The zero-order valence-electron chi connectivity index (χ0n) is 21.2. The van der Waals surface area contributed by atoms with Crippen molar-refractivity contribution in [3.05, 3.63) is 94.5 Å². The highest BCUT2D eigenvalue weighted by atomic mass is 16.5. The first-order valence-corrected chi connectivity index (χ1v) is 12.2. The first-order chi connectivity index (χ1) is 16.3. The molecule has 4 heteroatoms. The maximum absolute atomic E-state index is 13.0. The number of anilines is 1. The van der Waals surface area contributed by atoms with E-state index in [1.165, 1.54) is 5.69 Å². The van der Waals surface area contributed by atoms with Crippen molar-refractivity contribution in [1.82, 2.24) is 0 Å². The number of benzene rings is 3. The van der Waals surface area contributed by atoms with Gasteiger partial charge in [-0.15, -0.1) is 0 Å². The fourth-order valence-corrected chi connectivity index (χ4v) is 4.75. The summed E-state index contributed by atoms with van der Waals surface area (Å²) in [7, 11) is 0. The van der Waals surface area contributed by atoms with Crippen LogP contribution in [0.4, 0.5) is 5.69 Å². The Balaban J connectivity index is 2.04. The molecule has 0 saturated heterocycles. The zero-order valence-corrected chi connectivity index (χ0v) is 21.2. The van der Waals surface area contributed by atoms with E-state index < -0.39 is 0 Å². The Morgan fingerprint density at radius 1 is 0.941 bits per heavy atom. The van der Waals surface area contributed by atoms with Crippen molar-refractivity contribution in [1.29, 1.82) is 0 Å². The van der Waals surface area contributed by atoms with E-state index in [1.54, 1.807) is 12.1 Å². The average Bonchev–Trinajstić information content (AvgIpc) is 2.80. The van der Waals surface area contributed by atoms with Gasteiger partial charge in [0.2, 0.25) is 0 Å². The smallest absolute Gasteiger partial charge is 0.343 e. The summed E-state index contributed by atoms with van der Waals surface area (Å²) in [5.74, 6) is 0.185. The van der Waals surface area contributed by atoms with Crippen molar-refractivity contribution in [2.24, 2.45) is 0 Å². The minimum absolute atomic E-state index is 0.0206. The lowest BCUT2D eigenvalue weighted by Crippen LogP contribution is -2.37. The van der Waals surface area contributed by atoms with Crippen LogP contribution in [0.5, 0.6) is 5.75 Å². The van der Waals surface area contributed by atoms with Gasteiger partial charge in [0.15, 0.2) is 0 Å². The topological polar surface area (TPSA) is 49.8 Å². The predicted octanol–water partition coefficient (Wildman–Crippen LogP) is 6.87. The molecule has 1 atom stereocenters. The standard InChI is InChI=1S/C30H37NO3/c1-7-26(24-12-10-13-25(18-24)31(20(2)3)21(4)5)28-17-23(19-32)15-16-29(28)34-30(33)27-14-9-8-11-22(27)6/h8-18,20-21,26,32H,7,19H2,1-6H3. The van der Waals surface area contributed by atoms with E-state index >= 15 is 0 Å². The fourth-order valence-electron chi connectivity index (χ4n) is 4.75. The number of aliphatic hydroxyl groups is 1. The van der Waals surface area contributed by atoms with Crippen LogP contribution in [-0.4, -0.2) is 23.2 Å². The molecule has 3 aromatic carbocycles. The maximum atomic E-state index is 13.0. The number of aryl methyl sites for hydroxylation is 1. The van der Waals surface area contributed by atoms with Crippen LogP contribution in [0.3, 0.4) is 0 Å². The van der Waals surface area contributed by atoms with Gasteiger partial charge in [0.1, 0.15) is 5.75 Å². The van der Waals surface area contributed by atoms with Gasteiger partial charge in [-0.2, -0.15) is 0 Å². The Hall–Kier alpha value is -3.11. The number of hydrogen-bond acceptors (Lipinski definition) is 4. The monoisotopic (exact) mass is 459 g/mol. The second-order valence-corrected chi connectivity index (χ2v) is 9.39. The second kappa shape index (κ2) is 11.3. The van der Waals surface area contributed by atoms with Crippen LogP contribution in [0, 0.1) is 6.92 Å². The Kier molecular flexibility index (Phi) is 8.51. The molecule has 0 aromatic heterocycles. The number of carbonyl (C=O) groups is 1. The lowest BCUT2D eigenvalue weighted by molar-refractivity contribution is 0.0732. The minimum Gasteiger partial charge on any atom is -0.423 e. The van der Waals surface area contributed by atoms with E-state index in [1.807, 2.05) is 37.3 Å². The van der Waals surface area contributed by atoms with Gasteiger partial charge in [0.05, 0.1) is 12.2 Å². The SMILES string of the molecule is CCC(c1cccc(N(C(C)C)C(C)C)c1)c1cc(CO)ccc1OC(=O)c1ccccc1C. The number of hydrogen-bond donors (Lipinski definition) is 1. The number of rotatable bonds is 9. The van der Waals surface area contributed by atoms with Crippen molar-refractivity contribution < 1.29 is 14.6 Å². The van der Waals surface area contributed by atoms with Crippen LogP contribution in [0.25, 0.3) is 0 Å². The third kappa shape index (κ3) is 5.68. The molecule has 0 aliphatic heterocycles. The molecule has 1 N–H and O–H groups in total. The summed E-state index contributed by atoms with van der Waals surface area (Å²) in [5, 5.41) is 9.80. The lowest BCUT2D eigenvalue weighted by Gasteiger charge is -2.34. The number of aliphatic hydroxyl groups excluding tert-OH is 1. The molecule has 0 aliphatic rings. The van der Waals surface area contributed by atoms with E-state index in [4.69, 9.17) is 4.74 Å². The second-order valence-electron chi connectivity index (χ2n) is 9.39. The Morgan fingerprint density at radius 3 is 2.26 bits per heavy atom. The summed E-state index contributed by atoms with van der Waals surface area (Å²) in [6.45, 7) is 12.8. The van der Waals surface area contributed by atoms with Gasteiger partial charge >= 0.3 is 5.97 Å². The largest absolute Gasteiger partial charge is 0.423 e. The molecule has 0 saturated carbocycles. The van der Waals surface area contributed by atoms with E-state index in [0.717, 1.165) is 28.7 Å². The van der Waals surface area contributed by atoms with Crippen molar-refractivity contribution in [2.45, 2.75) is 72.6 Å². The molecule has 180 valence electrons. The van der Waals surface area contributed by atoms with Gasteiger partial charge in [0.25, 0.3) is 0 Å². The van der Waals surface area contributed by atoms with Crippen LogP contribution >= 0.6 is 0 Å². The van der Waals surface area contributed by atoms with Gasteiger partial charge in [-0.1, -0.05) is 43.3 Å². The molecule has 0 amide bonds. The number of ether oxygens (including phenoxy) is 1. The maximum Gasteiger partial charge on any atom is 0.343 e. The molecule has 34 heavy (non-hydrogen) atoms. The van der Waals surface area contributed by atoms with E-state index in [9.17, 15) is 9.90 Å². The third-order valence-electron chi connectivity index (χ3n) is 6.29. The fraction of sp³-hybridized carbons (Fsp3) is 0.367. The molecule has 0 bridgehead atoms. The van der Waals surface area contributed by atoms with Crippen LogP contribution in [0.1, 0.15) is 79.6 Å². The molecule has 3 rings (SSSR count). The molecular formula is C30H37NO3. The highest BCUT2D eigenvalue weighted by Crippen LogP contribution is 2.37. The van der Waals surface area contributed by atoms with Gasteiger partial charge in [-0.25, -0.2) is 4.79 Å². The molecule has 0 aliphatic carbocycles. The van der Waals surface area contributed by atoms with Crippen molar-refractivity contribution in [3.63, 3.8) is 0 Å². The first-order valence-electron chi connectivity index (χ1n) is 12.2. The number of nitrogens with zero attached hydrogens (tertiary/aromatic N) is 1. The molecule has 3 aromatic rings. The van der Waals surface area contributed by atoms with Crippen LogP contribution in [0.15, 0.2) is 66.7 Å². The summed E-state index contributed by atoms with van der Waals surface area (Å²) in [4.78, 5) is 15.4. The van der Waals surface area contributed by atoms with Crippen molar-refractivity contribution in [2.75, 3.05) is 4.90 Å². The Morgan fingerprint density at radius 2 is 1.65 bits per heavy atom. The van der Waals surface area contributed by atoms with Gasteiger partial charge in [-0.05, 0) is 88.1 Å². The van der Waals surface area contributed by atoms with E-state index in [0.29, 0.717) is 23.4 Å². The first kappa shape index (κ1) is 25.5.